The van der Waals surface area contributed by atoms with E-state index in [-0.39, 0.29) is 5.56 Å². The van der Waals surface area contributed by atoms with Crippen LogP contribution in [0.2, 0.25) is 5.02 Å². The molecular formula is C15H13ClN2O4. The van der Waals surface area contributed by atoms with E-state index in [4.69, 9.17) is 16.3 Å². The number of aryl methyl sites for hydroxylation is 1. The summed E-state index contributed by atoms with van der Waals surface area (Å²) in [5.74, 6) is -1.36. The topological polar surface area (TPSA) is 88.3 Å². The summed E-state index contributed by atoms with van der Waals surface area (Å²) in [7, 11) is 0. The molecule has 2 N–H and O–H groups in total. The highest BCUT2D eigenvalue weighted by Crippen LogP contribution is 2.19. The van der Waals surface area contributed by atoms with Crippen molar-refractivity contribution < 1.29 is 14.3 Å². The lowest BCUT2D eigenvalue weighted by atomic mass is 10.2. The quantitative estimate of drug-likeness (QED) is 0.845. The molecule has 0 bridgehead atoms. The van der Waals surface area contributed by atoms with Crippen molar-refractivity contribution in [3.05, 3.63) is 63.0 Å². The maximum Gasteiger partial charge on any atom is 0.344 e. The molecule has 0 aliphatic carbocycles. The number of H-pyrrole nitrogens is 1. The first-order valence-corrected chi connectivity index (χ1v) is 6.76. The minimum Gasteiger partial charge on any atom is -0.452 e. The molecule has 0 aliphatic heterocycles. The molecule has 0 radical (unpaired) electrons. The Morgan fingerprint density at radius 3 is 2.77 bits per heavy atom. The molecule has 0 saturated heterocycles. The van der Waals surface area contributed by atoms with Crippen LogP contribution in [-0.4, -0.2) is 23.5 Å². The number of aromatic amines is 1. The zero-order valence-corrected chi connectivity index (χ0v) is 12.4. The molecule has 0 saturated carbocycles. The lowest BCUT2D eigenvalue weighted by Crippen LogP contribution is -2.24. The highest BCUT2D eigenvalue weighted by molar-refractivity contribution is 6.30. The molecule has 1 aromatic carbocycles. The van der Waals surface area contributed by atoms with Gasteiger partial charge in [0.25, 0.3) is 11.5 Å². The van der Waals surface area contributed by atoms with Crippen LogP contribution >= 0.6 is 11.6 Å². The number of hydrogen-bond donors (Lipinski definition) is 2. The number of nitrogens with one attached hydrogen (secondary N) is 2. The van der Waals surface area contributed by atoms with Crippen molar-refractivity contribution in [2.75, 3.05) is 11.9 Å². The Hall–Kier alpha value is -2.60. The number of amides is 1. The summed E-state index contributed by atoms with van der Waals surface area (Å²) in [4.78, 5) is 37.2. The number of carbonyl (C=O) groups is 2. The van der Waals surface area contributed by atoms with Gasteiger partial charge >= 0.3 is 5.97 Å². The number of rotatable bonds is 4. The van der Waals surface area contributed by atoms with Gasteiger partial charge in [-0.1, -0.05) is 11.6 Å². The average Bonchev–Trinajstić information content (AvgIpc) is 2.48. The monoisotopic (exact) mass is 320 g/mol. The van der Waals surface area contributed by atoms with Gasteiger partial charge in [-0.15, -0.1) is 0 Å². The maximum absolute atomic E-state index is 11.8. The van der Waals surface area contributed by atoms with Crippen molar-refractivity contribution in [3.63, 3.8) is 0 Å². The summed E-state index contributed by atoms with van der Waals surface area (Å²) in [5, 5.41) is 3.16. The van der Waals surface area contributed by atoms with Crippen LogP contribution in [-0.2, 0) is 9.53 Å². The van der Waals surface area contributed by atoms with E-state index in [0.29, 0.717) is 10.7 Å². The highest BCUT2D eigenvalue weighted by atomic mass is 35.5. The molecule has 0 unspecified atom stereocenters. The van der Waals surface area contributed by atoms with Crippen molar-refractivity contribution in [2.24, 2.45) is 0 Å². The van der Waals surface area contributed by atoms with Gasteiger partial charge in [-0.05, 0) is 42.8 Å². The van der Waals surface area contributed by atoms with Crippen LogP contribution in [0.5, 0.6) is 0 Å². The molecule has 1 heterocycles. The third kappa shape index (κ3) is 3.95. The minimum absolute atomic E-state index is 0.155. The van der Waals surface area contributed by atoms with Crippen LogP contribution in [0.3, 0.4) is 0 Å². The van der Waals surface area contributed by atoms with Crippen LogP contribution in [0.25, 0.3) is 0 Å². The largest absolute Gasteiger partial charge is 0.452 e. The third-order valence-electron chi connectivity index (χ3n) is 2.83. The highest BCUT2D eigenvalue weighted by Gasteiger charge is 2.13. The van der Waals surface area contributed by atoms with E-state index < -0.39 is 24.0 Å². The Morgan fingerprint density at radius 2 is 2.09 bits per heavy atom. The molecule has 6 nitrogen and oxygen atoms in total. The molecule has 22 heavy (non-hydrogen) atoms. The van der Waals surface area contributed by atoms with Gasteiger partial charge in [0.05, 0.1) is 0 Å². The van der Waals surface area contributed by atoms with E-state index in [1.807, 2.05) is 0 Å². The van der Waals surface area contributed by atoms with Crippen molar-refractivity contribution in [1.29, 1.82) is 0 Å². The summed E-state index contributed by atoms with van der Waals surface area (Å²) in [5.41, 5.74) is 0.633. The fraction of sp³-hybridized carbons (Fsp3) is 0.133. The van der Waals surface area contributed by atoms with Gasteiger partial charge in [-0.3, -0.25) is 9.59 Å². The SMILES string of the molecule is Cc1cc(Cl)ccc1NC(=O)COC(=O)c1ccc[nH]c1=O. The first-order chi connectivity index (χ1) is 10.5. The molecule has 1 amide bonds. The molecule has 7 heteroatoms. The lowest BCUT2D eigenvalue weighted by Gasteiger charge is -2.09. The van der Waals surface area contributed by atoms with E-state index in [2.05, 4.69) is 10.3 Å². The molecule has 0 fully saturated rings. The van der Waals surface area contributed by atoms with E-state index in [9.17, 15) is 14.4 Å². The lowest BCUT2D eigenvalue weighted by molar-refractivity contribution is -0.119. The number of ether oxygens (including phenoxy) is 1. The number of esters is 1. The molecule has 2 rings (SSSR count). The predicted octanol–water partition coefficient (Wildman–Crippen LogP) is 2.13. The van der Waals surface area contributed by atoms with Gasteiger partial charge < -0.3 is 15.0 Å². The van der Waals surface area contributed by atoms with Gasteiger partial charge in [0.15, 0.2) is 6.61 Å². The molecule has 0 aliphatic rings. The van der Waals surface area contributed by atoms with Gasteiger partial charge in [0, 0.05) is 16.9 Å². The second-order valence-electron chi connectivity index (χ2n) is 4.50. The van der Waals surface area contributed by atoms with Crippen LogP contribution in [0, 0.1) is 6.92 Å². The molecule has 1 aromatic heterocycles. The van der Waals surface area contributed by atoms with Gasteiger partial charge in [0.1, 0.15) is 5.56 Å². The first-order valence-electron chi connectivity index (χ1n) is 6.38. The maximum atomic E-state index is 11.8. The summed E-state index contributed by atoms with van der Waals surface area (Å²) in [6, 6.07) is 7.81. The number of hydrogen-bond acceptors (Lipinski definition) is 4. The predicted molar refractivity (Wildman–Crippen MR) is 82.2 cm³/mol. The van der Waals surface area contributed by atoms with E-state index >= 15 is 0 Å². The van der Waals surface area contributed by atoms with Crippen LogP contribution < -0.4 is 10.9 Å². The van der Waals surface area contributed by atoms with E-state index in [1.165, 1.54) is 18.3 Å². The van der Waals surface area contributed by atoms with Crippen molar-refractivity contribution >= 4 is 29.2 Å². The summed E-state index contributed by atoms with van der Waals surface area (Å²) in [6.07, 6.45) is 1.40. The first kappa shape index (κ1) is 15.8. The smallest absolute Gasteiger partial charge is 0.344 e. The number of benzene rings is 1. The second kappa shape index (κ2) is 6.91. The third-order valence-corrected chi connectivity index (χ3v) is 3.07. The van der Waals surface area contributed by atoms with Crippen LogP contribution in [0.1, 0.15) is 15.9 Å². The molecule has 114 valence electrons. The average molecular weight is 321 g/mol. The van der Waals surface area contributed by atoms with E-state index in [1.54, 1.807) is 25.1 Å². The molecule has 2 aromatic rings. The number of pyridine rings is 1. The Labute approximate surface area is 131 Å². The van der Waals surface area contributed by atoms with Crippen LogP contribution in [0.15, 0.2) is 41.3 Å². The summed E-state index contributed by atoms with van der Waals surface area (Å²) < 4.78 is 4.81. The zero-order valence-electron chi connectivity index (χ0n) is 11.7. The summed E-state index contributed by atoms with van der Waals surface area (Å²) in [6.45, 7) is 1.30. The molecular weight excluding hydrogens is 308 g/mol. The Bertz CT molecular complexity index is 770. The standard InChI is InChI=1S/C15H13ClN2O4/c1-9-7-10(16)4-5-12(9)18-13(19)8-22-15(21)11-3-2-6-17-14(11)20/h2-7H,8H2,1H3,(H,17,20)(H,18,19). The molecule has 0 atom stereocenters. The van der Waals surface area contributed by atoms with Crippen LogP contribution in [0.4, 0.5) is 5.69 Å². The van der Waals surface area contributed by atoms with E-state index in [0.717, 1.165) is 5.56 Å². The van der Waals surface area contributed by atoms with Gasteiger partial charge in [-0.2, -0.15) is 0 Å². The number of halogens is 1. The summed E-state index contributed by atoms with van der Waals surface area (Å²) >= 11 is 5.82. The second-order valence-corrected chi connectivity index (χ2v) is 4.93. The zero-order chi connectivity index (χ0) is 16.1. The van der Waals surface area contributed by atoms with Crippen molar-refractivity contribution in [2.45, 2.75) is 6.92 Å². The minimum atomic E-state index is -0.857. The Kier molecular flexibility index (Phi) is 4.95. The number of carbonyl (C=O) groups excluding carboxylic acids is 2. The number of aromatic nitrogens is 1. The van der Waals surface area contributed by atoms with Crippen molar-refractivity contribution in [3.8, 4) is 0 Å². The molecule has 0 spiro atoms. The Morgan fingerprint density at radius 1 is 1.32 bits per heavy atom. The van der Waals surface area contributed by atoms with Gasteiger partial charge in [-0.25, -0.2) is 4.79 Å². The normalized spacial score (nSPS) is 10.1. The number of anilines is 1. The Balaban J connectivity index is 1.94. The fourth-order valence-electron chi connectivity index (χ4n) is 1.74. The van der Waals surface area contributed by atoms with Gasteiger partial charge in [0.2, 0.25) is 0 Å². The fourth-order valence-corrected chi connectivity index (χ4v) is 1.97. The van der Waals surface area contributed by atoms with Crippen molar-refractivity contribution in [1.82, 2.24) is 4.98 Å².